The van der Waals surface area contributed by atoms with Crippen molar-refractivity contribution in [3.63, 3.8) is 0 Å². The van der Waals surface area contributed by atoms with Gasteiger partial charge in [-0.2, -0.15) is 0 Å². The van der Waals surface area contributed by atoms with Gasteiger partial charge in [-0.25, -0.2) is 0 Å². The zero-order valence-electron chi connectivity index (χ0n) is 41.1. The molecular formula is C57H96O6. The average molecular weight is 877 g/mol. The van der Waals surface area contributed by atoms with Crippen molar-refractivity contribution in [3.8, 4) is 0 Å². The quantitative estimate of drug-likeness (QED) is 0.0262. The molecule has 0 aliphatic heterocycles. The summed E-state index contributed by atoms with van der Waals surface area (Å²) in [4.78, 5) is 38.0. The van der Waals surface area contributed by atoms with Crippen molar-refractivity contribution < 1.29 is 28.6 Å². The lowest BCUT2D eigenvalue weighted by molar-refractivity contribution is -0.167. The van der Waals surface area contributed by atoms with E-state index in [1.165, 1.54) is 77.0 Å². The molecular weight excluding hydrogens is 781 g/mol. The molecule has 0 fully saturated rings. The van der Waals surface area contributed by atoms with Crippen LogP contribution in [0.4, 0.5) is 0 Å². The first-order valence-electron chi connectivity index (χ1n) is 26.1. The normalized spacial score (nSPS) is 12.7. The van der Waals surface area contributed by atoms with E-state index in [-0.39, 0.29) is 31.1 Å². The minimum absolute atomic E-state index is 0.0975. The summed E-state index contributed by atoms with van der Waals surface area (Å²) in [6.45, 7) is 6.37. The molecule has 0 saturated carbocycles. The molecule has 360 valence electrons. The van der Waals surface area contributed by atoms with Gasteiger partial charge in [-0.3, -0.25) is 14.4 Å². The molecule has 0 aromatic heterocycles. The molecule has 0 aromatic rings. The van der Waals surface area contributed by atoms with E-state index in [1.807, 2.05) is 0 Å². The lowest BCUT2D eigenvalue weighted by Gasteiger charge is -2.18. The molecule has 0 radical (unpaired) electrons. The Hall–Kier alpha value is -3.41. The zero-order chi connectivity index (χ0) is 45.8. The van der Waals surface area contributed by atoms with E-state index in [9.17, 15) is 14.4 Å². The van der Waals surface area contributed by atoms with Crippen molar-refractivity contribution in [1.82, 2.24) is 0 Å². The van der Waals surface area contributed by atoms with Crippen LogP contribution in [-0.4, -0.2) is 37.2 Å². The summed E-state index contributed by atoms with van der Waals surface area (Å²) in [6.07, 6.45) is 65.6. The summed E-state index contributed by atoms with van der Waals surface area (Å²) in [6, 6.07) is 0. The van der Waals surface area contributed by atoms with Crippen LogP contribution in [0.2, 0.25) is 0 Å². The van der Waals surface area contributed by atoms with Gasteiger partial charge in [0.15, 0.2) is 6.10 Å². The summed E-state index contributed by atoms with van der Waals surface area (Å²) in [5.74, 6) is -0.947. The van der Waals surface area contributed by atoms with Crippen molar-refractivity contribution in [2.45, 2.75) is 245 Å². The molecule has 0 aliphatic rings. The molecule has 63 heavy (non-hydrogen) atoms. The van der Waals surface area contributed by atoms with Gasteiger partial charge >= 0.3 is 17.9 Å². The van der Waals surface area contributed by atoms with Crippen molar-refractivity contribution in [1.29, 1.82) is 0 Å². The monoisotopic (exact) mass is 877 g/mol. The van der Waals surface area contributed by atoms with Gasteiger partial charge in [-0.1, -0.05) is 215 Å². The number of carbonyl (C=O) groups is 3. The molecule has 0 aromatic carbocycles. The maximum Gasteiger partial charge on any atom is 0.306 e. The first-order chi connectivity index (χ1) is 31.0. The van der Waals surface area contributed by atoms with Crippen LogP contribution < -0.4 is 0 Å². The largest absolute Gasteiger partial charge is 0.462 e. The van der Waals surface area contributed by atoms with Gasteiger partial charge in [0.25, 0.3) is 0 Å². The van der Waals surface area contributed by atoms with Crippen LogP contribution in [0.5, 0.6) is 0 Å². The Kier molecular flexibility index (Phi) is 48.5. The van der Waals surface area contributed by atoms with Crippen LogP contribution in [0.25, 0.3) is 0 Å². The van der Waals surface area contributed by atoms with Gasteiger partial charge in [-0.15, -0.1) is 0 Å². The number of rotatable bonds is 46. The van der Waals surface area contributed by atoms with Gasteiger partial charge in [0.2, 0.25) is 0 Å². The topological polar surface area (TPSA) is 78.9 Å². The highest BCUT2D eigenvalue weighted by atomic mass is 16.6. The second-order valence-corrected chi connectivity index (χ2v) is 17.0. The number of hydrogen-bond acceptors (Lipinski definition) is 6. The SMILES string of the molecule is CC/C=C\C/C=C\C/C=C\C/C=C\CCCCCC(=O)OCC(COC(=O)CCCCCC/C=C\C/C=C\C/C=C\CC)OC(=O)CCCCCCCCCCCCCCCCC. The summed E-state index contributed by atoms with van der Waals surface area (Å²) in [5.41, 5.74) is 0. The average Bonchev–Trinajstić information content (AvgIpc) is 3.28. The third-order valence-corrected chi connectivity index (χ3v) is 10.9. The van der Waals surface area contributed by atoms with Crippen LogP contribution in [-0.2, 0) is 28.6 Å². The molecule has 0 saturated heterocycles. The number of hydrogen-bond donors (Lipinski definition) is 0. The zero-order valence-corrected chi connectivity index (χ0v) is 41.1. The Morgan fingerprint density at radius 3 is 0.984 bits per heavy atom. The number of esters is 3. The summed E-state index contributed by atoms with van der Waals surface area (Å²) >= 11 is 0. The molecule has 0 spiro atoms. The van der Waals surface area contributed by atoms with E-state index >= 15 is 0 Å². The molecule has 0 amide bonds. The Balaban J connectivity index is 4.47. The molecule has 1 unspecified atom stereocenters. The number of unbranched alkanes of at least 4 members (excludes halogenated alkanes) is 21. The molecule has 0 bridgehead atoms. The molecule has 6 heteroatoms. The van der Waals surface area contributed by atoms with E-state index < -0.39 is 6.10 Å². The van der Waals surface area contributed by atoms with Gasteiger partial charge in [-0.05, 0) is 89.9 Å². The van der Waals surface area contributed by atoms with Crippen LogP contribution in [0.1, 0.15) is 239 Å². The van der Waals surface area contributed by atoms with E-state index in [0.717, 1.165) is 122 Å². The second kappa shape index (κ2) is 51.2. The minimum atomic E-state index is -0.797. The number of ether oxygens (including phenoxy) is 3. The first-order valence-corrected chi connectivity index (χ1v) is 26.1. The van der Waals surface area contributed by atoms with E-state index in [1.54, 1.807) is 0 Å². The van der Waals surface area contributed by atoms with Crippen LogP contribution in [0, 0.1) is 0 Å². The fourth-order valence-corrected chi connectivity index (χ4v) is 7.04. The van der Waals surface area contributed by atoms with Crippen LogP contribution in [0.3, 0.4) is 0 Å². The van der Waals surface area contributed by atoms with E-state index in [4.69, 9.17) is 14.2 Å². The Labute approximate surface area is 388 Å². The predicted octanol–water partition coefficient (Wildman–Crippen LogP) is 17.2. The van der Waals surface area contributed by atoms with Gasteiger partial charge in [0, 0.05) is 19.3 Å². The van der Waals surface area contributed by atoms with E-state index in [0.29, 0.717) is 19.3 Å². The highest BCUT2D eigenvalue weighted by Gasteiger charge is 2.19. The molecule has 0 N–H and O–H groups in total. The number of carbonyl (C=O) groups excluding carboxylic acids is 3. The van der Waals surface area contributed by atoms with E-state index in [2.05, 4.69) is 106 Å². The molecule has 6 nitrogen and oxygen atoms in total. The lowest BCUT2D eigenvalue weighted by Crippen LogP contribution is -2.30. The smallest absolute Gasteiger partial charge is 0.306 e. The van der Waals surface area contributed by atoms with Gasteiger partial charge in [0.05, 0.1) is 0 Å². The van der Waals surface area contributed by atoms with Gasteiger partial charge in [0.1, 0.15) is 13.2 Å². The van der Waals surface area contributed by atoms with Crippen LogP contribution in [0.15, 0.2) is 85.1 Å². The summed E-state index contributed by atoms with van der Waals surface area (Å²) in [5, 5.41) is 0. The highest BCUT2D eigenvalue weighted by Crippen LogP contribution is 2.15. The third-order valence-electron chi connectivity index (χ3n) is 10.9. The Morgan fingerprint density at radius 1 is 0.333 bits per heavy atom. The van der Waals surface area contributed by atoms with Crippen molar-refractivity contribution in [2.24, 2.45) is 0 Å². The fraction of sp³-hybridized carbons (Fsp3) is 0.702. The predicted molar refractivity (Wildman–Crippen MR) is 270 cm³/mol. The highest BCUT2D eigenvalue weighted by molar-refractivity contribution is 5.71. The van der Waals surface area contributed by atoms with Gasteiger partial charge < -0.3 is 14.2 Å². The van der Waals surface area contributed by atoms with Crippen molar-refractivity contribution in [3.05, 3.63) is 85.1 Å². The second-order valence-electron chi connectivity index (χ2n) is 17.0. The Bertz CT molecular complexity index is 1240. The van der Waals surface area contributed by atoms with Crippen molar-refractivity contribution in [2.75, 3.05) is 13.2 Å². The standard InChI is InChI=1S/C57H96O6/c1-4-7-10-13-16-19-22-25-28-30-32-35-38-41-44-47-50-56(59)62-53-54(52-61-55(58)49-46-43-40-37-34-31-27-24-21-18-15-12-9-6-3)63-57(60)51-48-45-42-39-36-33-29-26-23-20-17-14-11-8-5-2/h7,9-10,12,16,18-19,21,25,27-28,31-32,35,54H,4-6,8,11,13-15,17,20,22-24,26,29-30,33-34,36-53H2,1-3H3/b10-7-,12-9-,19-16-,21-18-,28-25-,31-27-,35-32-. The maximum absolute atomic E-state index is 12.8. The Morgan fingerprint density at radius 2 is 0.619 bits per heavy atom. The maximum atomic E-state index is 12.8. The first kappa shape index (κ1) is 59.6. The summed E-state index contributed by atoms with van der Waals surface area (Å²) < 4.78 is 16.8. The van der Waals surface area contributed by atoms with Crippen LogP contribution >= 0.6 is 0 Å². The molecule has 0 heterocycles. The lowest BCUT2D eigenvalue weighted by atomic mass is 10.0. The number of allylic oxidation sites excluding steroid dienone is 14. The minimum Gasteiger partial charge on any atom is -0.462 e. The molecule has 0 rings (SSSR count). The third kappa shape index (κ3) is 49.5. The molecule has 1 atom stereocenters. The molecule has 0 aliphatic carbocycles. The van der Waals surface area contributed by atoms with Crippen molar-refractivity contribution >= 4 is 17.9 Å². The fourth-order valence-electron chi connectivity index (χ4n) is 7.04. The summed E-state index contributed by atoms with van der Waals surface area (Å²) in [7, 11) is 0.